The van der Waals surface area contributed by atoms with E-state index in [1.165, 1.54) is 0 Å². The summed E-state index contributed by atoms with van der Waals surface area (Å²) in [6.45, 7) is 4.01. The number of aliphatic hydroxyl groups is 1. The van der Waals surface area contributed by atoms with Crippen LogP contribution < -0.4 is 0 Å². The Kier molecular flexibility index (Phi) is 4.15. The molecule has 0 saturated heterocycles. The van der Waals surface area contributed by atoms with Crippen molar-refractivity contribution in [2.45, 2.75) is 25.9 Å². The molecule has 18 heavy (non-hydrogen) atoms. The van der Waals surface area contributed by atoms with Gasteiger partial charge in [-0.1, -0.05) is 47.1 Å². The summed E-state index contributed by atoms with van der Waals surface area (Å²) in [7, 11) is 0. The summed E-state index contributed by atoms with van der Waals surface area (Å²) in [6, 6.07) is 11.7. The first-order valence-corrected chi connectivity index (χ1v) is 6.74. The van der Waals surface area contributed by atoms with Crippen molar-refractivity contribution in [1.29, 1.82) is 0 Å². The van der Waals surface area contributed by atoms with Crippen LogP contribution in [0.25, 0.3) is 0 Å². The van der Waals surface area contributed by atoms with Crippen LogP contribution in [0.5, 0.6) is 0 Å². The molecule has 1 N–H and O–H groups in total. The average molecular weight is 306 g/mol. The number of hydrogen-bond acceptors (Lipinski definition) is 2. The number of aliphatic hydroxyl groups excluding tert-OH is 1. The molecule has 2 nitrogen and oxygen atoms in total. The van der Waals surface area contributed by atoms with E-state index in [4.69, 9.17) is 0 Å². The Hall–Kier alpha value is -1.19. The van der Waals surface area contributed by atoms with Gasteiger partial charge in [-0.05, 0) is 30.2 Å². The number of rotatable bonds is 3. The fourth-order valence-corrected chi connectivity index (χ4v) is 2.47. The lowest BCUT2D eigenvalue weighted by Gasteiger charge is -2.20. The summed E-state index contributed by atoms with van der Waals surface area (Å²) in [4.78, 5) is 4.30. The van der Waals surface area contributed by atoms with Crippen molar-refractivity contribution in [1.82, 2.24) is 4.98 Å². The van der Waals surface area contributed by atoms with E-state index in [1.54, 1.807) is 6.20 Å². The van der Waals surface area contributed by atoms with E-state index in [-0.39, 0.29) is 5.92 Å². The van der Waals surface area contributed by atoms with Crippen LogP contribution >= 0.6 is 15.9 Å². The van der Waals surface area contributed by atoms with Gasteiger partial charge in [0.05, 0.1) is 6.10 Å². The van der Waals surface area contributed by atoms with Crippen molar-refractivity contribution in [2.24, 2.45) is 0 Å². The number of benzene rings is 1. The van der Waals surface area contributed by atoms with Gasteiger partial charge >= 0.3 is 0 Å². The number of aryl methyl sites for hydroxylation is 1. The van der Waals surface area contributed by atoms with Gasteiger partial charge in [-0.3, -0.25) is 4.98 Å². The second kappa shape index (κ2) is 5.63. The van der Waals surface area contributed by atoms with Crippen molar-refractivity contribution in [3.05, 3.63) is 63.9 Å². The molecule has 1 aromatic heterocycles. The maximum absolute atomic E-state index is 10.5. The lowest BCUT2D eigenvalue weighted by Crippen LogP contribution is -2.10. The predicted molar refractivity (Wildman–Crippen MR) is 76.5 cm³/mol. The maximum Gasteiger partial charge on any atom is 0.0881 e. The first kappa shape index (κ1) is 13.2. The zero-order valence-corrected chi connectivity index (χ0v) is 12.1. The minimum atomic E-state index is -0.561. The molecular formula is C15H16BrNO. The summed E-state index contributed by atoms with van der Waals surface area (Å²) in [5, 5.41) is 10.5. The van der Waals surface area contributed by atoms with Crippen molar-refractivity contribution in [2.75, 3.05) is 0 Å². The maximum atomic E-state index is 10.5. The summed E-state index contributed by atoms with van der Waals surface area (Å²) >= 11 is 3.54. The van der Waals surface area contributed by atoms with Gasteiger partial charge < -0.3 is 5.11 Å². The van der Waals surface area contributed by atoms with E-state index in [1.807, 2.05) is 50.2 Å². The molecule has 1 aromatic carbocycles. The molecule has 0 aliphatic rings. The van der Waals surface area contributed by atoms with Crippen LogP contribution in [0.1, 0.15) is 35.8 Å². The standard InChI is InChI=1S/C15H16BrNO/c1-10-6-5-7-12(14(10)16)15(18)11(2)13-8-3-4-9-17-13/h3-9,11,15,18H,1-2H3. The number of nitrogens with zero attached hydrogens (tertiary/aromatic N) is 1. The fraction of sp³-hybridized carbons (Fsp3) is 0.267. The first-order chi connectivity index (χ1) is 8.61. The van der Waals surface area contributed by atoms with Gasteiger partial charge in [0.1, 0.15) is 0 Å². The SMILES string of the molecule is Cc1cccc(C(O)C(C)c2ccccn2)c1Br. The van der Waals surface area contributed by atoms with Crippen molar-refractivity contribution >= 4 is 15.9 Å². The molecule has 0 radical (unpaired) electrons. The third-order valence-electron chi connectivity index (χ3n) is 3.17. The van der Waals surface area contributed by atoms with Crippen LogP contribution in [0.2, 0.25) is 0 Å². The molecule has 0 spiro atoms. The molecule has 0 aliphatic heterocycles. The van der Waals surface area contributed by atoms with E-state index in [9.17, 15) is 5.11 Å². The fourth-order valence-electron chi connectivity index (χ4n) is 1.97. The molecule has 0 bridgehead atoms. The lowest BCUT2D eigenvalue weighted by atomic mass is 9.93. The van der Waals surface area contributed by atoms with Crippen LogP contribution in [0, 0.1) is 6.92 Å². The summed E-state index contributed by atoms with van der Waals surface area (Å²) in [5.74, 6) is -0.0377. The zero-order valence-electron chi connectivity index (χ0n) is 10.5. The van der Waals surface area contributed by atoms with Crippen molar-refractivity contribution in [3.8, 4) is 0 Å². The normalized spacial score (nSPS) is 14.2. The highest BCUT2D eigenvalue weighted by atomic mass is 79.9. The van der Waals surface area contributed by atoms with Crippen LogP contribution in [0.15, 0.2) is 47.1 Å². The van der Waals surface area contributed by atoms with Gasteiger partial charge in [-0.2, -0.15) is 0 Å². The average Bonchev–Trinajstić information content (AvgIpc) is 2.41. The minimum Gasteiger partial charge on any atom is -0.388 e. The number of pyridine rings is 1. The Labute approximate surface area is 116 Å². The molecule has 2 unspecified atom stereocenters. The number of aromatic nitrogens is 1. The Bertz CT molecular complexity index is 527. The van der Waals surface area contributed by atoms with Crippen LogP contribution in [-0.2, 0) is 0 Å². The van der Waals surface area contributed by atoms with Crippen LogP contribution in [0.4, 0.5) is 0 Å². The van der Waals surface area contributed by atoms with Crippen LogP contribution in [-0.4, -0.2) is 10.1 Å². The Morgan fingerprint density at radius 2 is 1.94 bits per heavy atom. The molecule has 2 atom stereocenters. The van der Waals surface area contributed by atoms with E-state index in [0.29, 0.717) is 0 Å². The highest BCUT2D eigenvalue weighted by Gasteiger charge is 2.21. The van der Waals surface area contributed by atoms with E-state index in [2.05, 4.69) is 20.9 Å². The summed E-state index contributed by atoms with van der Waals surface area (Å²) in [6.07, 6.45) is 1.19. The topological polar surface area (TPSA) is 33.1 Å². The Morgan fingerprint density at radius 3 is 2.61 bits per heavy atom. The highest BCUT2D eigenvalue weighted by Crippen LogP contribution is 2.34. The molecule has 2 aromatic rings. The number of hydrogen-bond donors (Lipinski definition) is 1. The molecule has 94 valence electrons. The minimum absolute atomic E-state index is 0.0377. The molecule has 0 aliphatic carbocycles. The molecule has 0 fully saturated rings. The van der Waals surface area contributed by atoms with Gasteiger partial charge in [0.2, 0.25) is 0 Å². The lowest BCUT2D eigenvalue weighted by molar-refractivity contribution is 0.149. The number of halogens is 1. The van der Waals surface area contributed by atoms with E-state index >= 15 is 0 Å². The largest absolute Gasteiger partial charge is 0.388 e. The van der Waals surface area contributed by atoms with E-state index in [0.717, 1.165) is 21.3 Å². The molecule has 3 heteroatoms. The monoisotopic (exact) mass is 305 g/mol. The van der Waals surface area contributed by atoms with Crippen LogP contribution in [0.3, 0.4) is 0 Å². The third-order valence-corrected chi connectivity index (χ3v) is 4.25. The molecule has 2 rings (SSSR count). The molecule has 0 saturated carbocycles. The zero-order chi connectivity index (χ0) is 13.1. The van der Waals surface area contributed by atoms with Gasteiger partial charge in [0.15, 0.2) is 0 Å². The third kappa shape index (κ3) is 2.62. The Balaban J connectivity index is 2.31. The molecule has 1 heterocycles. The summed E-state index contributed by atoms with van der Waals surface area (Å²) < 4.78 is 0.972. The second-order valence-electron chi connectivity index (χ2n) is 4.47. The van der Waals surface area contributed by atoms with Gasteiger partial charge in [-0.15, -0.1) is 0 Å². The second-order valence-corrected chi connectivity index (χ2v) is 5.26. The smallest absolute Gasteiger partial charge is 0.0881 e. The summed E-state index contributed by atoms with van der Waals surface area (Å²) in [5.41, 5.74) is 2.94. The first-order valence-electron chi connectivity index (χ1n) is 5.95. The van der Waals surface area contributed by atoms with Crippen molar-refractivity contribution in [3.63, 3.8) is 0 Å². The quantitative estimate of drug-likeness (QED) is 0.930. The molecular weight excluding hydrogens is 290 g/mol. The molecule has 0 amide bonds. The van der Waals surface area contributed by atoms with Crippen molar-refractivity contribution < 1.29 is 5.11 Å². The van der Waals surface area contributed by atoms with Gasteiger partial charge in [0, 0.05) is 22.3 Å². The van der Waals surface area contributed by atoms with E-state index < -0.39 is 6.10 Å². The van der Waals surface area contributed by atoms with Gasteiger partial charge in [0.25, 0.3) is 0 Å². The van der Waals surface area contributed by atoms with Gasteiger partial charge in [-0.25, -0.2) is 0 Å². The predicted octanol–water partition coefficient (Wildman–Crippen LogP) is 3.99. The highest BCUT2D eigenvalue weighted by molar-refractivity contribution is 9.10. The Morgan fingerprint density at radius 1 is 1.17 bits per heavy atom.